The molecule has 2 radical (unpaired) electrons. The molecule has 0 spiro atoms. The highest BCUT2D eigenvalue weighted by Crippen LogP contribution is 2.29. The first-order valence-electron chi connectivity index (χ1n) is 4.59. The van der Waals surface area contributed by atoms with E-state index in [4.69, 9.17) is 6.92 Å². The predicted molar refractivity (Wildman–Crippen MR) is 46.4 cm³/mol. The number of rotatable bonds is 2. The van der Waals surface area contributed by atoms with Gasteiger partial charge < -0.3 is 4.74 Å². The molecule has 2 nitrogen and oxygen atoms in total. The Morgan fingerprint density at radius 3 is 2.50 bits per heavy atom. The van der Waals surface area contributed by atoms with Gasteiger partial charge in [0.25, 0.3) is 0 Å². The van der Waals surface area contributed by atoms with Gasteiger partial charge in [-0.1, -0.05) is 19.3 Å². The summed E-state index contributed by atoms with van der Waals surface area (Å²) in [5.41, 5.74) is 0. The van der Waals surface area contributed by atoms with Crippen LogP contribution in [0.1, 0.15) is 32.1 Å². The molecular weight excluding hydrogens is 152 g/mol. The first-order valence-corrected chi connectivity index (χ1v) is 4.59. The quantitative estimate of drug-likeness (QED) is 0.590. The molecule has 1 rings (SSSR count). The predicted octanol–water partition coefficient (Wildman–Crippen LogP) is 2.07. The van der Waals surface area contributed by atoms with E-state index in [2.05, 4.69) is 4.74 Å². The van der Waals surface area contributed by atoms with Crippen LogP contribution in [0.25, 0.3) is 0 Å². The Hall–Kier alpha value is -0.530. The van der Waals surface area contributed by atoms with E-state index >= 15 is 0 Å². The number of carbonyl (C=O) groups excluding carboxylic acids is 1. The summed E-state index contributed by atoms with van der Waals surface area (Å²) in [5, 5.41) is 0. The molecule has 1 fully saturated rings. The van der Waals surface area contributed by atoms with Crippen LogP contribution in [0.15, 0.2) is 0 Å². The number of carbonyl (C=O) groups is 1. The molecule has 0 unspecified atom stereocenters. The van der Waals surface area contributed by atoms with Crippen molar-refractivity contribution in [3.8, 4) is 0 Å². The molecule has 2 heteroatoms. The third-order valence-electron chi connectivity index (χ3n) is 2.63. The molecule has 0 aliphatic heterocycles. The second-order valence-corrected chi connectivity index (χ2v) is 3.45. The van der Waals surface area contributed by atoms with E-state index in [1.54, 1.807) is 0 Å². The third-order valence-corrected chi connectivity index (χ3v) is 2.63. The topological polar surface area (TPSA) is 26.3 Å². The Morgan fingerprint density at radius 1 is 1.42 bits per heavy atom. The number of esters is 1. The van der Waals surface area contributed by atoms with Gasteiger partial charge in [0, 0.05) is 0 Å². The van der Waals surface area contributed by atoms with Crippen molar-refractivity contribution >= 4 is 5.97 Å². The van der Waals surface area contributed by atoms with Crippen LogP contribution < -0.4 is 0 Å². The lowest BCUT2D eigenvalue weighted by Crippen LogP contribution is -2.24. The van der Waals surface area contributed by atoms with Crippen LogP contribution in [0.4, 0.5) is 0 Å². The van der Waals surface area contributed by atoms with Crippen molar-refractivity contribution in [2.75, 3.05) is 7.11 Å². The summed E-state index contributed by atoms with van der Waals surface area (Å²) in [5.74, 6) is -0.302. The molecule has 12 heavy (non-hydrogen) atoms. The van der Waals surface area contributed by atoms with Crippen LogP contribution in [-0.4, -0.2) is 13.1 Å². The van der Waals surface area contributed by atoms with Gasteiger partial charge in [0.15, 0.2) is 0 Å². The van der Waals surface area contributed by atoms with Crippen LogP contribution in [0.3, 0.4) is 0 Å². The number of hydrogen-bond donors (Lipinski definition) is 0. The summed E-state index contributed by atoms with van der Waals surface area (Å²) in [7, 11) is 1.39. The van der Waals surface area contributed by atoms with Gasteiger partial charge >= 0.3 is 5.97 Å². The molecular formula is C10H16O2. The largest absolute Gasteiger partial charge is 0.469 e. The van der Waals surface area contributed by atoms with Gasteiger partial charge in [-0.15, -0.1) is 0 Å². The normalized spacial score (nSPS) is 21.8. The molecule has 0 aromatic rings. The monoisotopic (exact) mass is 168 g/mol. The van der Waals surface area contributed by atoms with Crippen LogP contribution in [-0.2, 0) is 9.53 Å². The van der Waals surface area contributed by atoms with Crippen LogP contribution in [0.2, 0.25) is 0 Å². The molecule has 1 atom stereocenters. The fourth-order valence-corrected chi connectivity index (χ4v) is 1.82. The lowest BCUT2D eigenvalue weighted by Gasteiger charge is -2.25. The molecule has 0 bridgehead atoms. The van der Waals surface area contributed by atoms with E-state index in [0.29, 0.717) is 5.92 Å². The van der Waals surface area contributed by atoms with E-state index < -0.39 is 5.92 Å². The molecule has 1 aliphatic carbocycles. The smallest absolute Gasteiger partial charge is 0.309 e. The van der Waals surface area contributed by atoms with E-state index in [0.717, 1.165) is 12.8 Å². The minimum absolute atomic E-state index is 0.262. The van der Waals surface area contributed by atoms with E-state index in [-0.39, 0.29) is 5.97 Å². The molecule has 1 aliphatic rings. The third kappa shape index (κ3) is 2.23. The zero-order valence-electron chi connectivity index (χ0n) is 7.58. The first-order chi connectivity index (χ1) is 5.75. The number of ether oxygens (including phenoxy) is 1. The molecule has 0 aromatic heterocycles. The Labute approximate surface area is 74.3 Å². The molecule has 0 heterocycles. The molecule has 1 saturated carbocycles. The molecule has 0 N–H and O–H groups in total. The number of hydrogen-bond acceptors (Lipinski definition) is 2. The highest BCUT2D eigenvalue weighted by atomic mass is 16.5. The van der Waals surface area contributed by atoms with Crippen molar-refractivity contribution in [1.82, 2.24) is 0 Å². The fourth-order valence-electron chi connectivity index (χ4n) is 1.82. The van der Waals surface area contributed by atoms with Gasteiger partial charge in [0.1, 0.15) is 0 Å². The zero-order chi connectivity index (χ0) is 8.97. The fraction of sp³-hybridized carbons (Fsp3) is 0.800. The maximum atomic E-state index is 11.1. The molecule has 0 amide bonds. The lowest BCUT2D eigenvalue weighted by atomic mass is 9.81. The van der Waals surface area contributed by atoms with Gasteiger partial charge in [0.05, 0.1) is 13.0 Å². The maximum Gasteiger partial charge on any atom is 0.309 e. The van der Waals surface area contributed by atoms with E-state index in [1.165, 1.54) is 26.4 Å². The van der Waals surface area contributed by atoms with E-state index in [1.807, 2.05) is 0 Å². The van der Waals surface area contributed by atoms with Crippen molar-refractivity contribution in [3.63, 3.8) is 0 Å². The Morgan fingerprint density at radius 2 is 2.00 bits per heavy atom. The minimum Gasteiger partial charge on any atom is -0.469 e. The lowest BCUT2D eigenvalue weighted by molar-refractivity contribution is -0.145. The van der Waals surface area contributed by atoms with Crippen molar-refractivity contribution in [2.24, 2.45) is 11.8 Å². The SMILES string of the molecule is [CH][C@H](C(=O)OC)C1CCCCC1. The highest BCUT2D eigenvalue weighted by Gasteiger charge is 2.26. The van der Waals surface area contributed by atoms with Gasteiger partial charge in [-0.25, -0.2) is 0 Å². The van der Waals surface area contributed by atoms with Gasteiger partial charge in [-0.3, -0.25) is 4.79 Å². The van der Waals surface area contributed by atoms with Gasteiger partial charge in [0.2, 0.25) is 0 Å². The summed E-state index contributed by atoms with van der Waals surface area (Å²) in [6.07, 6.45) is 5.85. The van der Waals surface area contributed by atoms with Crippen molar-refractivity contribution < 1.29 is 9.53 Å². The summed E-state index contributed by atoms with van der Waals surface area (Å²) in [4.78, 5) is 11.1. The van der Waals surface area contributed by atoms with Crippen LogP contribution >= 0.6 is 0 Å². The number of methoxy groups -OCH3 is 1. The Bertz CT molecular complexity index is 148. The average Bonchev–Trinajstić information content (AvgIpc) is 2.17. The van der Waals surface area contributed by atoms with Gasteiger partial charge in [-0.2, -0.15) is 0 Å². The summed E-state index contributed by atoms with van der Waals surface area (Å²) < 4.78 is 4.60. The second-order valence-electron chi connectivity index (χ2n) is 3.45. The zero-order valence-corrected chi connectivity index (χ0v) is 7.58. The molecule has 0 saturated heterocycles. The van der Waals surface area contributed by atoms with Crippen LogP contribution in [0.5, 0.6) is 0 Å². The highest BCUT2D eigenvalue weighted by molar-refractivity contribution is 5.73. The average molecular weight is 168 g/mol. The molecule has 68 valence electrons. The maximum absolute atomic E-state index is 11.1. The van der Waals surface area contributed by atoms with E-state index in [9.17, 15) is 4.79 Å². The van der Waals surface area contributed by atoms with Crippen molar-refractivity contribution in [1.29, 1.82) is 0 Å². The Kier molecular flexibility index (Phi) is 3.57. The van der Waals surface area contributed by atoms with Crippen LogP contribution in [0, 0.1) is 18.8 Å². The first kappa shape index (κ1) is 9.56. The van der Waals surface area contributed by atoms with Crippen molar-refractivity contribution in [2.45, 2.75) is 32.1 Å². The molecule has 0 aromatic carbocycles. The summed E-state index contributed by atoms with van der Waals surface area (Å²) >= 11 is 0. The summed E-state index contributed by atoms with van der Waals surface area (Å²) in [6.45, 7) is 5.73. The van der Waals surface area contributed by atoms with Gasteiger partial charge in [-0.05, 0) is 25.7 Å². The standard InChI is InChI=1S/C10H16O2/c1-8(10(11)12-2)9-6-4-3-5-7-9/h1,8-9H,3-7H2,2H3/t8-/m0/s1. The minimum atomic E-state index is -0.393. The second kappa shape index (κ2) is 4.48. The summed E-state index contributed by atoms with van der Waals surface area (Å²) in [6, 6.07) is 0. The Balaban J connectivity index is 2.39. The van der Waals surface area contributed by atoms with Crippen molar-refractivity contribution in [3.05, 3.63) is 6.92 Å².